The molecule has 2 aliphatic heterocycles. The first-order chi connectivity index (χ1) is 17.5. The Bertz CT molecular complexity index is 1440. The fraction of sp³-hybridized carbons (Fsp3) is 0.440. The van der Waals surface area contributed by atoms with Gasteiger partial charge < -0.3 is 24.1 Å². The molecule has 0 bridgehead atoms. The third-order valence-electron chi connectivity index (χ3n) is 6.61. The van der Waals surface area contributed by atoms with Crippen LogP contribution in [0.15, 0.2) is 29.1 Å². The van der Waals surface area contributed by atoms with Crippen LogP contribution in [0.2, 0.25) is 0 Å². The molecular formula is C25H26F3N3O5S. The Morgan fingerprint density at radius 1 is 1.19 bits per heavy atom. The molecule has 1 aromatic carbocycles. The monoisotopic (exact) mass is 537 g/mol. The van der Waals surface area contributed by atoms with E-state index in [1.165, 1.54) is 24.2 Å². The number of rotatable bonds is 3. The average Bonchev–Trinajstić information content (AvgIpc) is 3.62. The second-order valence-electron chi connectivity index (χ2n) is 8.94. The number of benzene rings is 1. The van der Waals surface area contributed by atoms with Crippen LogP contribution in [-0.2, 0) is 11.8 Å². The van der Waals surface area contributed by atoms with Gasteiger partial charge in [0.2, 0.25) is 0 Å². The molecule has 2 aliphatic rings. The number of carbonyl (C=O) groups is 2. The van der Waals surface area contributed by atoms with Crippen molar-refractivity contribution in [1.29, 1.82) is 0 Å². The molecule has 1 amide bonds. The summed E-state index contributed by atoms with van der Waals surface area (Å²) in [6.45, 7) is 2.89. The van der Waals surface area contributed by atoms with Gasteiger partial charge in [0.15, 0.2) is 12.0 Å². The van der Waals surface area contributed by atoms with Crippen LogP contribution in [0.3, 0.4) is 0 Å². The van der Waals surface area contributed by atoms with Crippen molar-refractivity contribution in [2.45, 2.75) is 37.9 Å². The summed E-state index contributed by atoms with van der Waals surface area (Å²) in [6.07, 6.45) is 1.47. The van der Waals surface area contributed by atoms with Crippen LogP contribution in [0.5, 0.6) is 5.75 Å². The molecule has 0 radical (unpaired) electrons. The van der Waals surface area contributed by atoms with Gasteiger partial charge in [0.1, 0.15) is 35.4 Å². The normalized spacial score (nSPS) is 17.7. The summed E-state index contributed by atoms with van der Waals surface area (Å²) >= 11 is 1.38. The number of para-hydroxylation sites is 1. The first kappa shape index (κ1) is 26.6. The molecule has 0 unspecified atom stereocenters. The molecule has 2 saturated heterocycles. The fourth-order valence-electron chi connectivity index (χ4n) is 4.83. The summed E-state index contributed by atoms with van der Waals surface area (Å²) in [5, 5.41) is 10.3. The molecule has 12 heteroatoms. The number of carboxylic acids is 1. The van der Waals surface area contributed by atoms with Crippen LogP contribution in [0.4, 0.5) is 13.2 Å². The third kappa shape index (κ3) is 5.20. The summed E-state index contributed by atoms with van der Waals surface area (Å²) in [5.41, 5.74) is 0.733. The van der Waals surface area contributed by atoms with Crippen LogP contribution in [0, 0.1) is 0 Å². The molecule has 3 aromatic rings. The molecule has 8 nitrogen and oxygen atoms in total. The molecule has 1 atom stereocenters. The maximum absolute atomic E-state index is 13.6. The number of pyridine rings is 1. The fourth-order valence-corrected chi connectivity index (χ4v) is 6.09. The first-order valence-electron chi connectivity index (χ1n) is 11.8. The Hall–Kier alpha value is -3.41. The van der Waals surface area contributed by atoms with Gasteiger partial charge in [0.05, 0.1) is 17.3 Å². The quantitative estimate of drug-likeness (QED) is 0.479. The molecule has 0 N–H and O–H groups in total. The molecule has 198 valence electrons. The van der Waals surface area contributed by atoms with Crippen LogP contribution in [-0.4, -0.2) is 71.1 Å². The second-order valence-corrected chi connectivity index (χ2v) is 9.96. The SMILES string of the molecule is COc1c(C(=O)N2CCC[C@H]2C=[N+]2CCCC2)sc2c1c(=O)n(C)c1ccccc21.O=C([O-])C(F)(F)F. The lowest BCUT2D eigenvalue weighted by molar-refractivity contribution is -0.503. The minimum atomic E-state index is -5.19. The highest BCUT2D eigenvalue weighted by Crippen LogP contribution is 2.40. The van der Waals surface area contributed by atoms with E-state index in [9.17, 15) is 22.8 Å². The Morgan fingerprint density at radius 2 is 1.84 bits per heavy atom. The number of halogens is 3. The minimum absolute atomic E-state index is 0.0304. The number of nitrogens with zero attached hydrogens (tertiary/aromatic N) is 3. The topological polar surface area (TPSA) is 94.7 Å². The first-order valence-corrected chi connectivity index (χ1v) is 12.6. The maximum atomic E-state index is 13.6. The largest absolute Gasteiger partial charge is 0.542 e. The van der Waals surface area contributed by atoms with E-state index in [0.717, 1.165) is 48.1 Å². The van der Waals surface area contributed by atoms with E-state index in [1.54, 1.807) is 18.7 Å². The number of hydrogen-bond donors (Lipinski definition) is 0. The molecule has 2 aromatic heterocycles. The zero-order valence-electron chi connectivity index (χ0n) is 20.3. The molecule has 37 heavy (non-hydrogen) atoms. The van der Waals surface area contributed by atoms with Crippen molar-refractivity contribution in [3.05, 3.63) is 39.5 Å². The Labute approximate surface area is 214 Å². The zero-order valence-corrected chi connectivity index (χ0v) is 21.2. The molecule has 0 saturated carbocycles. The van der Waals surface area contributed by atoms with E-state index in [0.29, 0.717) is 16.0 Å². The summed E-state index contributed by atoms with van der Waals surface area (Å²) in [7, 11) is 3.31. The van der Waals surface area contributed by atoms with Gasteiger partial charge in [-0.25, -0.2) is 4.58 Å². The number of thiophene rings is 1. The molecule has 0 spiro atoms. The zero-order chi connectivity index (χ0) is 26.9. The number of fused-ring (bicyclic) bond motifs is 3. The predicted molar refractivity (Wildman–Crippen MR) is 132 cm³/mol. The smallest absolute Gasteiger partial charge is 0.430 e. The maximum Gasteiger partial charge on any atom is 0.430 e. The number of likely N-dealkylation sites (tertiary alicyclic amines) is 1. The van der Waals surface area contributed by atoms with E-state index >= 15 is 0 Å². The van der Waals surface area contributed by atoms with E-state index in [1.807, 2.05) is 29.2 Å². The number of aromatic nitrogens is 1. The third-order valence-corrected chi connectivity index (χ3v) is 7.80. The number of alkyl halides is 3. The van der Waals surface area contributed by atoms with Gasteiger partial charge in [0.25, 0.3) is 11.5 Å². The van der Waals surface area contributed by atoms with Gasteiger partial charge >= 0.3 is 6.18 Å². The van der Waals surface area contributed by atoms with Crippen molar-refractivity contribution >= 4 is 50.4 Å². The molecular weight excluding hydrogens is 511 g/mol. The number of amides is 1. The van der Waals surface area contributed by atoms with Gasteiger partial charge in [-0.05, 0) is 18.9 Å². The van der Waals surface area contributed by atoms with Crippen molar-refractivity contribution in [1.82, 2.24) is 9.47 Å². The highest BCUT2D eigenvalue weighted by atomic mass is 32.1. The van der Waals surface area contributed by atoms with Crippen molar-refractivity contribution in [3.8, 4) is 5.75 Å². The van der Waals surface area contributed by atoms with Crippen LogP contribution < -0.4 is 15.4 Å². The van der Waals surface area contributed by atoms with Gasteiger partial charge in [-0.2, -0.15) is 13.2 Å². The lowest BCUT2D eigenvalue weighted by Crippen LogP contribution is -2.38. The van der Waals surface area contributed by atoms with Crippen LogP contribution in [0.1, 0.15) is 35.4 Å². The van der Waals surface area contributed by atoms with Gasteiger partial charge in [-0.15, -0.1) is 11.3 Å². The lowest BCUT2D eigenvalue weighted by atomic mass is 10.1. The van der Waals surface area contributed by atoms with Crippen LogP contribution in [0.25, 0.3) is 21.0 Å². The molecule has 2 fully saturated rings. The van der Waals surface area contributed by atoms with E-state index < -0.39 is 12.1 Å². The number of methoxy groups -OCH3 is 1. The Kier molecular flexibility index (Phi) is 7.58. The molecule has 0 aliphatic carbocycles. The minimum Gasteiger partial charge on any atom is -0.542 e. The van der Waals surface area contributed by atoms with Gasteiger partial charge in [-0.1, -0.05) is 18.2 Å². The van der Waals surface area contributed by atoms with Crippen molar-refractivity contribution in [2.75, 3.05) is 26.7 Å². The number of aryl methyl sites for hydroxylation is 1. The van der Waals surface area contributed by atoms with Gasteiger partial charge in [0, 0.05) is 31.8 Å². The highest BCUT2D eigenvalue weighted by molar-refractivity contribution is 7.22. The Morgan fingerprint density at radius 3 is 2.46 bits per heavy atom. The number of hydrogen-bond acceptors (Lipinski definition) is 6. The average molecular weight is 538 g/mol. The number of aliphatic carboxylic acids is 1. The Balaban J connectivity index is 0.000000405. The molecule has 5 rings (SSSR count). The summed E-state index contributed by atoms with van der Waals surface area (Å²) in [6, 6.07) is 7.94. The van der Waals surface area contributed by atoms with Gasteiger partial charge in [-0.3, -0.25) is 9.59 Å². The predicted octanol–water partition coefficient (Wildman–Crippen LogP) is 2.54. The summed E-state index contributed by atoms with van der Waals surface area (Å²) in [4.78, 5) is 38.0. The summed E-state index contributed by atoms with van der Waals surface area (Å²) < 4.78 is 42.0. The van der Waals surface area contributed by atoms with E-state index in [-0.39, 0.29) is 17.5 Å². The number of ether oxygens (including phenoxy) is 1. The number of carbonyl (C=O) groups excluding carboxylic acids is 2. The number of carboxylic acid groups (broad SMARTS) is 1. The highest BCUT2D eigenvalue weighted by Gasteiger charge is 2.35. The van der Waals surface area contributed by atoms with Crippen molar-refractivity contribution in [3.63, 3.8) is 0 Å². The van der Waals surface area contributed by atoms with E-state index in [4.69, 9.17) is 14.6 Å². The van der Waals surface area contributed by atoms with E-state index in [2.05, 4.69) is 10.8 Å². The van der Waals surface area contributed by atoms with Crippen molar-refractivity contribution < 1.29 is 37.2 Å². The van der Waals surface area contributed by atoms with Crippen LogP contribution >= 0.6 is 11.3 Å². The van der Waals surface area contributed by atoms with Crippen molar-refractivity contribution in [2.24, 2.45) is 7.05 Å². The molecule has 4 heterocycles. The summed E-state index contributed by atoms with van der Waals surface area (Å²) in [5.74, 6) is -2.62. The second kappa shape index (κ2) is 10.5. The lowest BCUT2D eigenvalue weighted by Gasteiger charge is -2.20. The standard InChI is InChI=1S/C23H26N3O3S.C2HF3O2/c1-24-17-10-4-3-9-16(17)20-18(22(24)27)19(29-2)21(30-20)23(28)26-13-7-8-15(26)14-25-11-5-6-12-25;3-2(4,5)1(6)7/h3-4,9-10,14-15H,5-8,11-13H2,1-2H3;(H,6,7)/q+1;/p-1/t15-;/m0./s1.